The fraction of sp³-hybridized carbons (Fsp3) is 0.640. The number of benzene rings is 1. The van der Waals surface area contributed by atoms with Crippen LogP contribution in [-0.2, 0) is 4.79 Å². The molecule has 0 bridgehead atoms. The first-order valence-electron chi connectivity index (χ1n) is 11.0. The monoisotopic (exact) mass is 374 g/mol. The van der Waals surface area contributed by atoms with Gasteiger partial charge in [0.15, 0.2) is 0 Å². The number of carboxylic acids is 1. The normalized spacial score (nSPS) is 10.6. The maximum Gasteiger partial charge on any atom is 0.303 e. The lowest BCUT2D eigenvalue weighted by molar-refractivity contribution is -0.137. The number of hydrogen-bond donors (Lipinski definition) is 1. The van der Waals surface area contributed by atoms with E-state index in [0.29, 0.717) is 6.42 Å². The summed E-state index contributed by atoms with van der Waals surface area (Å²) in [6.45, 7) is 4.34. The van der Waals surface area contributed by atoms with Crippen LogP contribution in [0.3, 0.4) is 0 Å². The van der Waals surface area contributed by atoms with Crippen molar-refractivity contribution in [3.05, 3.63) is 48.0 Å². The zero-order valence-corrected chi connectivity index (χ0v) is 17.8. The lowest BCUT2D eigenvalue weighted by Crippen LogP contribution is -1.93. The number of aliphatic carboxylic acids is 1. The number of rotatable bonds is 15. The maximum atomic E-state index is 10.3. The molecule has 0 saturated carbocycles. The predicted molar refractivity (Wildman–Crippen MR) is 118 cm³/mol. The van der Waals surface area contributed by atoms with Crippen molar-refractivity contribution in [2.45, 2.75) is 104 Å². The van der Waals surface area contributed by atoms with Crippen molar-refractivity contribution in [3.8, 4) is 0 Å². The molecule has 0 amide bonds. The van der Waals surface area contributed by atoms with E-state index in [1.165, 1.54) is 76.2 Å². The van der Waals surface area contributed by atoms with Gasteiger partial charge in [-0.3, -0.25) is 4.79 Å². The fourth-order valence-electron chi connectivity index (χ4n) is 2.88. The predicted octanol–water partition coefficient (Wildman–Crippen LogP) is 8.10. The number of carbonyl (C=O) groups is 1. The summed E-state index contributed by atoms with van der Waals surface area (Å²) in [7, 11) is 0. The van der Waals surface area contributed by atoms with Crippen molar-refractivity contribution in [1.82, 2.24) is 0 Å². The molecule has 1 aromatic rings. The molecule has 0 unspecified atom stereocenters. The molecule has 0 heterocycles. The van der Waals surface area contributed by atoms with E-state index in [-0.39, 0.29) is 0 Å². The van der Waals surface area contributed by atoms with Gasteiger partial charge in [0.2, 0.25) is 0 Å². The Hall–Kier alpha value is -1.57. The average molecular weight is 375 g/mol. The van der Waals surface area contributed by atoms with E-state index in [0.717, 1.165) is 12.8 Å². The van der Waals surface area contributed by atoms with E-state index < -0.39 is 5.97 Å². The SMILES string of the molecule is CCCCCCCC/C=C\CCCCCCCC(=O)O.Cc1ccccc1. The fourth-order valence-corrected chi connectivity index (χ4v) is 2.88. The Balaban J connectivity index is 0.000000797. The first-order chi connectivity index (χ1) is 13.2. The Morgan fingerprint density at radius 2 is 1.26 bits per heavy atom. The van der Waals surface area contributed by atoms with Crippen LogP contribution in [0.5, 0.6) is 0 Å². The van der Waals surface area contributed by atoms with E-state index in [1.54, 1.807) is 0 Å². The van der Waals surface area contributed by atoms with Gasteiger partial charge in [-0.1, -0.05) is 106 Å². The van der Waals surface area contributed by atoms with Crippen LogP contribution in [-0.4, -0.2) is 11.1 Å². The average Bonchev–Trinajstić information content (AvgIpc) is 2.66. The van der Waals surface area contributed by atoms with Crippen molar-refractivity contribution in [2.24, 2.45) is 0 Å². The topological polar surface area (TPSA) is 37.3 Å². The highest BCUT2D eigenvalue weighted by Gasteiger charge is 1.95. The van der Waals surface area contributed by atoms with Crippen LogP contribution in [0.1, 0.15) is 102 Å². The van der Waals surface area contributed by atoms with Gasteiger partial charge in [-0.2, -0.15) is 0 Å². The third-order valence-electron chi connectivity index (χ3n) is 4.59. The number of unbranched alkanes of at least 4 members (excludes halogenated alkanes) is 11. The molecule has 154 valence electrons. The van der Waals surface area contributed by atoms with Crippen LogP contribution in [0.4, 0.5) is 0 Å². The van der Waals surface area contributed by atoms with Gasteiger partial charge in [-0.15, -0.1) is 0 Å². The summed E-state index contributed by atoms with van der Waals surface area (Å²) in [6.07, 6.45) is 21.2. The van der Waals surface area contributed by atoms with Crippen molar-refractivity contribution in [2.75, 3.05) is 0 Å². The molecule has 2 nitrogen and oxygen atoms in total. The highest BCUT2D eigenvalue weighted by molar-refractivity contribution is 5.66. The summed E-state index contributed by atoms with van der Waals surface area (Å²) in [5.41, 5.74) is 1.32. The quantitative estimate of drug-likeness (QED) is 0.249. The summed E-state index contributed by atoms with van der Waals surface area (Å²) < 4.78 is 0. The molecule has 2 heteroatoms. The molecule has 0 radical (unpaired) electrons. The van der Waals surface area contributed by atoms with Crippen LogP contribution in [0.15, 0.2) is 42.5 Å². The van der Waals surface area contributed by atoms with E-state index >= 15 is 0 Å². The summed E-state index contributed by atoms with van der Waals surface area (Å²) in [5, 5.41) is 8.51. The zero-order chi connectivity index (χ0) is 20.0. The smallest absolute Gasteiger partial charge is 0.303 e. The summed E-state index contributed by atoms with van der Waals surface area (Å²) >= 11 is 0. The Labute approximate surface area is 168 Å². The molecule has 0 aliphatic carbocycles. The number of carboxylic acid groups (broad SMARTS) is 1. The molecule has 0 aliphatic rings. The van der Waals surface area contributed by atoms with Crippen molar-refractivity contribution < 1.29 is 9.90 Å². The summed E-state index contributed by atoms with van der Waals surface area (Å²) in [4.78, 5) is 10.3. The standard InChI is InChI=1S/C18H34O2.C7H8/c1-2-3-4-5-6-7-8-9-10-11-12-13-14-15-16-17-18(19)20;1-7-5-3-2-4-6-7/h9-10H,2-8,11-17H2,1H3,(H,19,20);2-6H,1H3/b10-9-;. The molecule has 0 aromatic heterocycles. The second-order valence-corrected chi connectivity index (χ2v) is 7.38. The highest BCUT2D eigenvalue weighted by Crippen LogP contribution is 2.09. The van der Waals surface area contributed by atoms with Crippen molar-refractivity contribution >= 4 is 5.97 Å². The Kier molecular flexibility index (Phi) is 19.5. The van der Waals surface area contributed by atoms with Gasteiger partial charge in [-0.25, -0.2) is 0 Å². The summed E-state index contributed by atoms with van der Waals surface area (Å²) in [6, 6.07) is 10.3. The van der Waals surface area contributed by atoms with Crippen molar-refractivity contribution in [1.29, 1.82) is 0 Å². The Morgan fingerprint density at radius 1 is 0.778 bits per heavy atom. The van der Waals surface area contributed by atoms with Crippen LogP contribution < -0.4 is 0 Å². The first kappa shape index (κ1) is 25.4. The van der Waals surface area contributed by atoms with Crippen LogP contribution >= 0.6 is 0 Å². The molecular formula is C25H42O2. The minimum absolute atomic E-state index is 0.332. The molecule has 0 fully saturated rings. The highest BCUT2D eigenvalue weighted by atomic mass is 16.4. The minimum atomic E-state index is -0.664. The van der Waals surface area contributed by atoms with E-state index in [1.807, 2.05) is 18.2 Å². The molecular weight excluding hydrogens is 332 g/mol. The van der Waals surface area contributed by atoms with Crippen LogP contribution in [0, 0.1) is 6.92 Å². The van der Waals surface area contributed by atoms with Gasteiger partial charge in [-0.05, 0) is 39.0 Å². The zero-order valence-electron chi connectivity index (χ0n) is 17.8. The number of aryl methyl sites for hydroxylation is 1. The molecule has 0 aliphatic heterocycles. The second kappa shape index (κ2) is 20.7. The minimum Gasteiger partial charge on any atom is -0.481 e. The van der Waals surface area contributed by atoms with Gasteiger partial charge in [0.1, 0.15) is 0 Å². The molecule has 0 spiro atoms. The second-order valence-electron chi connectivity index (χ2n) is 7.38. The maximum absolute atomic E-state index is 10.3. The molecule has 27 heavy (non-hydrogen) atoms. The third-order valence-corrected chi connectivity index (χ3v) is 4.59. The Bertz CT molecular complexity index is 451. The number of hydrogen-bond acceptors (Lipinski definition) is 1. The van der Waals surface area contributed by atoms with E-state index in [9.17, 15) is 4.79 Å². The van der Waals surface area contributed by atoms with Crippen LogP contribution in [0.2, 0.25) is 0 Å². The number of allylic oxidation sites excluding steroid dienone is 2. The van der Waals surface area contributed by atoms with Gasteiger partial charge in [0.05, 0.1) is 0 Å². The molecule has 0 saturated heterocycles. The van der Waals surface area contributed by atoms with Crippen LogP contribution in [0.25, 0.3) is 0 Å². The lowest BCUT2D eigenvalue weighted by atomic mass is 10.1. The lowest BCUT2D eigenvalue weighted by Gasteiger charge is -1.99. The van der Waals surface area contributed by atoms with E-state index in [2.05, 4.69) is 38.1 Å². The molecule has 0 atom stereocenters. The molecule has 1 N–H and O–H groups in total. The first-order valence-corrected chi connectivity index (χ1v) is 11.0. The summed E-state index contributed by atoms with van der Waals surface area (Å²) in [5.74, 6) is -0.664. The van der Waals surface area contributed by atoms with Gasteiger partial charge >= 0.3 is 5.97 Å². The van der Waals surface area contributed by atoms with Gasteiger partial charge in [0, 0.05) is 6.42 Å². The third kappa shape index (κ3) is 22.4. The van der Waals surface area contributed by atoms with Gasteiger partial charge < -0.3 is 5.11 Å². The Morgan fingerprint density at radius 3 is 1.70 bits per heavy atom. The largest absolute Gasteiger partial charge is 0.481 e. The van der Waals surface area contributed by atoms with Crippen molar-refractivity contribution in [3.63, 3.8) is 0 Å². The molecule has 1 rings (SSSR count). The van der Waals surface area contributed by atoms with E-state index in [4.69, 9.17) is 5.11 Å². The van der Waals surface area contributed by atoms with Gasteiger partial charge in [0.25, 0.3) is 0 Å². The molecule has 1 aromatic carbocycles.